The zero-order valence-electron chi connectivity index (χ0n) is 48.7. The third kappa shape index (κ3) is 35.2. The van der Waals surface area contributed by atoms with Crippen LogP contribution in [0.5, 0.6) is 0 Å². The van der Waals surface area contributed by atoms with Gasteiger partial charge in [-0.25, -0.2) is 0 Å². The number of aryl methyl sites for hydroxylation is 4. The van der Waals surface area contributed by atoms with Crippen LogP contribution < -0.4 is 0 Å². The molecule has 0 bridgehead atoms. The lowest BCUT2D eigenvalue weighted by Crippen LogP contribution is -2.04. The molecular formula is C69H119N2+. The summed E-state index contributed by atoms with van der Waals surface area (Å²) in [7, 11) is 0. The summed E-state index contributed by atoms with van der Waals surface area (Å²) >= 11 is 0. The number of nitrogens with zero attached hydrogens (tertiary/aromatic N) is 2. The van der Waals surface area contributed by atoms with Gasteiger partial charge in [-0.3, -0.25) is 0 Å². The Labute approximate surface area is 444 Å². The van der Waals surface area contributed by atoms with Crippen LogP contribution in [0.1, 0.15) is 345 Å². The first-order valence-electron chi connectivity index (χ1n) is 32.0. The van der Waals surface area contributed by atoms with Crippen molar-refractivity contribution in [2.75, 3.05) is 0 Å². The van der Waals surface area contributed by atoms with Crippen molar-refractivity contribution in [3.8, 4) is 12.0 Å². The van der Waals surface area contributed by atoms with Gasteiger partial charge in [-0.1, -0.05) is 291 Å². The predicted molar refractivity (Wildman–Crippen MR) is 318 cm³/mol. The molecule has 0 fully saturated rings. The van der Waals surface area contributed by atoms with Gasteiger partial charge in [0.2, 0.25) is 5.70 Å². The van der Waals surface area contributed by atoms with E-state index in [4.69, 9.17) is 5.11 Å². The fraction of sp³-hybridized carbons (Fsp3) is 0.768. The zero-order valence-corrected chi connectivity index (χ0v) is 48.7. The van der Waals surface area contributed by atoms with Gasteiger partial charge < -0.3 is 0 Å². The van der Waals surface area contributed by atoms with Gasteiger partial charge >= 0.3 is 0 Å². The summed E-state index contributed by atoms with van der Waals surface area (Å²) in [5.41, 5.74) is 9.76. The van der Waals surface area contributed by atoms with Crippen LogP contribution in [0.2, 0.25) is 0 Å². The maximum atomic E-state index is 5.44. The summed E-state index contributed by atoms with van der Waals surface area (Å²) in [6, 6.07) is 18.1. The molecule has 2 aromatic carbocycles. The zero-order chi connectivity index (χ0) is 50.9. The van der Waals surface area contributed by atoms with Gasteiger partial charge in [0.1, 0.15) is 5.69 Å². The molecule has 0 saturated heterocycles. The Hall–Kier alpha value is -2.66. The van der Waals surface area contributed by atoms with E-state index in [0.29, 0.717) is 0 Å². The molecule has 0 heterocycles. The topological polar surface area (TPSA) is 15.4 Å². The van der Waals surface area contributed by atoms with Gasteiger partial charge in [-0.05, 0) is 110 Å². The molecule has 0 N–H and O–H groups in total. The van der Waals surface area contributed by atoms with Crippen LogP contribution in [0.4, 0.5) is 5.69 Å². The lowest BCUT2D eigenvalue weighted by atomic mass is 9.94. The lowest BCUT2D eigenvalue weighted by Gasteiger charge is -2.11. The Morgan fingerprint density at radius 2 is 0.704 bits per heavy atom. The maximum Gasteiger partial charge on any atom is 0.256 e. The van der Waals surface area contributed by atoms with E-state index < -0.39 is 0 Å². The summed E-state index contributed by atoms with van der Waals surface area (Å²) in [6.45, 7) is 13.9. The molecule has 0 aliphatic carbocycles. The minimum atomic E-state index is 0.945. The molecule has 0 amide bonds. The third-order valence-corrected chi connectivity index (χ3v) is 15.3. The molecule has 0 aliphatic rings. The van der Waals surface area contributed by atoms with Crippen molar-refractivity contribution >= 4 is 11.8 Å². The van der Waals surface area contributed by atoms with E-state index in [9.17, 15) is 0 Å². The fourth-order valence-electron chi connectivity index (χ4n) is 10.5. The number of azo groups is 2. The molecular weight excluding hydrogens is 857 g/mol. The lowest BCUT2D eigenvalue weighted by molar-refractivity contribution is -0.452. The van der Waals surface area contributed by atoms with Crippen LogP contribution in [-0.4, -0.2) is 4.70 Å². The summed E-state index contributed by atoms with van der Waals surface area (Å²) in [5, 5.41) is 5.44. The molecule has 0 aliphatic heterocycles. The SMILES string of the molecule is CCCCCCCCCCCCCCCCCCCCCCCCCCCCC#C[N+](=Nc1ccc(CCCCC)c(CCCCC)c1)C(=Cc1ccc(CCCCC)c(CCCCC)c1)CCCCC. The second-order valence-electron chi connectivity index (χ2n) is 22.2. The van der Waals surface area contributed by atoms with Crippen LogP contribution >= 0.6 is 0 Å². The number of rotatable bonds is 49. The number of hydrogen-bond acceptors (Lipinski definition) is 1. The van der Waals surface area contributed by atoms with Crippen molar-refractivity contribution < 1.29 is 4.70 Å². The van der Waals surface area contributed by atoms with Gasteiger partial charge in [0.05, 0.1) is 0 Å². The molecule has 2 aromatic rings. The molecule has 404 valence electrons. The third-order valence-electron chi connectivity index (χ3n) is 15.3. The average molecular weight is 977 g/mol. The predicted octanol–water partition coefficient (Wildman–Crippen LogP) is 23.8. The van der Waals surface area contributed by atoms with Gasteiger partial charge in [-0.2, -0.15) is 0 Å². The van der Waals surface area contributed by atoms with E-state index >= 15 is 0 Å². The highest BCUT2D eigenvalue weighted by Crippen LogP contribution is 2.27. The van der Waals surface area contributed by atoms with E-state index in [1.165, 1.54) is 298 Å². The minimum Gasteiger partial charge on any atom is -0.0654 e. The van der Waals surface area contributed by atoms with Crippen molar-refractivity contribution in [2.24, 2.45) is 5.11 Å². The Morgan fingerprint density at radius 1 is 0.366 bits per heavy atom. The average Bonchev–Trinajstić information content (AvgIpc) is 3.38. The highest BCUT2D eigenvalue weighted by atomic mass is 15.3. The number of allylic oxidation sites excluding steroid dienone is 1. The van der Waals surface area contributed by atoms with Crippen molar-refractivity contribution in [1.29, 1.82) is 0 Å². The number of hydrogen-bond donors (Lipinski definition) is 0. The maximum absolute atomic E-state index is 5.44. The molecule has 0 aromatic heterocycles. The Kier molecular flexibility index (Phi) is 43.8. The van der Waals surface area contributed by atoms with Gasteiger partial charge in [0.25, 0.3) is 6.04 Å². The molecule has 71 heavy (non-hydrogen) atoms. The van der Waals surface area contributed by atoms with Crippen molar-refractivity contribution in [1.82, 2.24) is 0 Å². The normalized spacial score (nSPS) is 12.0. The van der Waals surface area contributed by atoms with Crippen molar-refractivity contribution in [2.45, 2.75) is 343 Å². The molecule has 2 heteroatoms. The Bertz CT molecular complexity index is 1630. The van der Waals surface area contributed by atoms with E-state index in [1.54, 1.807) is 11.1 Å². The second-order valence-corrected chi connectivity index (χ2v) is 22.2. The fourth-order valence-corrected chi connectivity index (χ4v) is 10.5. The first-order valence-corrected chi connectivity index (χ1v) is 32.0. The first-order chi connectivity index (χ1) is 35.1. The van der Waals surface area contributed by atoms with E-state index in [0.717, 1.165) is 31.4 Å². The molecule has 2 nitrogen and oxygen atoms in total. The molecule has 0 unspecified atom stereocenters. The highest BCUT2D eigenvalue weighted by Gasteiger charge is 2.17. The second kappa shape index (κ2) is 48.3. The van der Waals surface area contributed by atoms with Crippen molar-refractivity contribution in [3.05, 3.63) is 69.9 Å². The largest absolute Gasteiger partial charge is 0.256 e. The number of benzene rings is 2. The van der Waals surface area contributed by atoms with Crippen LogP contribution in [-0.2, 0) is 25.7 Å². The summed E-state index contributed by atoms with van der Waals surface area (Å²) in [4.78, 5) is 0. The quantitative estimate of drug-likeness (QED) is 0.0206. The van der Waals surface area contributed by atoms with Crippen molar-refractivity contribution in [3.63, 3.8) is 0 Å². The minimum absolute atomic E-state index is 0.945. The van der Waals surface area contributed by atoms with Crippen LogP contribution in [0.25, 0.3) is 6.08 Å². The van der Waals surface area contributed by atoms with E-state index in [-0.39, 0.29) is 0 Å². The van der Waals surface area contributed by atoms with Gasteiger partial charge in [-0.15, -0.1) is 0 Å². The molecule has 0 saturated carbocycles. The first kappa shape index (κ1) is 64.5. The van der Waals surface area contributed by atoms with Crippen LogP contribution in [0.3, 0.4) is 0 Å². The number of unbranched alkanes of at least 4 members (excludes halogenated alkanes) is 36. The van der Waals surface area contributed by atoms with Gasteiger partial charge in [0.15, 0.2) is 0 Å². The summed E-state index contributed by atoms with van der Waals surface area (Å²) in [6.07, 6.45) is 65.2. The van der Waals surface area contributed by atoms with Crippen LogP contribution in [0, 0.1) is 12.0 Å². The van der Waals surface area contributed by atoms with Crippen LogP contribution in [0.15, 0.2) is 47.2 Å². The van der Waals surface area contributed by atoms with E-state index in [2.05, 4.69) is 101 Å². The monoisotopic (exact) mass is 976 g/mol. The molecule has 0 spiro atoms. The Balaban J connectivity index is 1.96. The summed E-state index contributed by atoms with van der Waals surface area (Å²) < 4.78 is 2.12. The Morgan fingerprint density at radius 3 is 1.13 bits per heavy atom. The smallest absolute Gasteiger partial charge is 0.0654 e. The molecule has 2 rings (SSSR count). The molecule has 0 atom stereocenters. The molecule has 0 radical (unpaired) electrons. The summed E-state index contributed by atoms with van der Waals surface area (Å²) in [5.74, 6) is 3.66. The van der Waals surface area contributed by atoms with E-state index in [1.807, 2.05) is 0 Å². The standard InChI is InChI=1S/C69H119N2/c1-7-13-19-20-21-22-23-24-25-26-27-28-29-30-31-32-33-34-35-36-37-38-39-40-41-42-43-49-59-71(70-68-58-57-65(51-45-15-9-3)67(62-68)53-47-17-11-5)69(54-48-18-12-6)61-63-55-56-64(50-44-14-8-2)66(60-63)52-46-16-10-4/h55-58,60-62H,7-48,50-54H2,1-6H3/q+1. The van der Waals surface area contributed by atoms with Gasteiger partial charge in [0, 0.05) is 28.7 Å². The highest BCUT2D eigenvalue weighted by molar-refractivity contribution is 5.54.